The first-order chi connectivity index (χ1) is 17.1. The largest absolute Gasteiger partial charge is 0.491 e. The number of piperidine rings is 1. The van der Waals surface area contributed by atoms with Gasteiger partial charge in [0.2, 0.25) is 0 Å². The summed E-state index contributed by atoms with van der Waals surface area (Å²) in [6, 6.07) is 14.7. The monoisotopic (exact) mass is 476 g/mol. The first kappa shape index (κ1) is 24.3. The SMILES string of the molecule is CC1CCN(CCc2ccc3c(c2)CC[C@H](NC(=O)c2ccc(OC[C@@H]4CCCO4)cc2)C3)CC1. The number of hydrogen-bond donors (Lipinski definition) is 1. The number of amides is 1. The van der Waals surface area contributed by atoms with E-state index in [1.54, 1.807) is 0 Å². The molecule has 1 aliphatic carbocycles. The van der Waals surface area contributed by atoms with E-state index < -0.39 is 0 Å². The van der Waals surface area contributed by atoms with E-state index in [9.17, 15) is 4.79 Å². The summed E-state index contributed by atoms with van der Waals surface area (Å²) in [5.41, 5.74) is 4.98. The summed E-state index contributed by atoms with van der Waals surface area (Å²) in [6.45, 7) is 7.44. The third kappa shape index (κ3) is 6.65. The predicted octanol–water partition coefficient (Wildman–Crippen LogP) is 4.81. The number of likely N-dealkylation sites (tertiary alicyclic amines) is 1. The van der Waals surface area contributed by atoms with Crippen LogP contribution in [0, 0.1) is 5.92 Å². The second-order valence-electron chi connectivity index (χ2n) is 10.8. The number of carbonyl (C=O) groups is 1. The van der Waals surface area contributed by atoms with Crippen molar-refractivity contribution in [3.8, 4) is 5.75 Å². The molecule has 0 saturated carbocycles. The molecule has 35 heavy (non-hydrogen) atoms. The second kappa shape index (κ2) is 11.6. The normalized spacial score (nSPS) is 23.1. The van der Waals surface area contributed by atoms with Crippen molar-refractivity contribution in [1.29, 1.82) is 0 Å². The Labute approximate surface area is 210 Å². The van der Waals surface area contributed by atoms with E-state index in [0.717, 1.165) is 56.8 Å². The van der Waals surface area contributed by atoms with E-state index >= 15 is 0 Å². The molecule has 2 aromatic carbocycles. The van der Waals surface area contributed by atoms with Crippen LogP contribution >= 0.6 is 0 Å². The number of nitrogens with one attached hydrogen (secondary N) is 1. The van der Waals surface area contributed by atoms with Crippen molar-refractivity contribution in [2.75, 3.05) is 32.8 Å². The molecule has 2 atom stereocenters. The van der Waals surface area contributed by atoms with Gasteiger partial charge in [0, 0.05) is 24.8 Å². The Hall–Kier alpha value is -2.37. The molecule has 1 N–H and O–H groups in total. The average Bonchev–Trinajstić information content (AvgIpc) is 3.41. The average molecular weight is 477 g/mol. The summed E-state index contributed by atoms with van der Waals surface area (Å²) in [6.07, 6.45) is 9.11. The fourth-order valence-electron chi connectivity index (χ4n) is 5.60. The van der Waals surface area contributed by atoms with Gasteiger partial charge >= 0.3 is 0 Å². The van der Waals surface area contributed by atoms with Gasteiger partial charge in [-0.2, -0.15) is 0 Å². The molecule has 5 nitrogen and oxygen atoms in total. The zero-order valence-corrected chi connectivity index (χ0v) is 21.1. The Kier molecular flexibility index (Phi) is 8.05. The summed E-state index contributed by atoms with van der Waals surface area (Å²) in [5, 5.41) is 3.25. The maximum atomic E-state index is 12.8. The Bertz CT molecular complexity index is 976. The third-order valence-electron chi connectivity index (χ3n) is 8.00. The molecule has 0 unspecified atom stereocenters. The van der Waals surface area contributed by atoms with Gasteiger partial charge in [0.15, 0.2) is 0 Å². The van der Waals surface area contributed by atoms with Crippen molar-refractivity contribution in [2.24, 2.45) is 5.92 Å². The molecule has 2 aliphatic heterocycles. The topological polar surface area (TPSA) is 50.8 Å². The quantitative estimate of drug-likeness (QED) is 0.594. The second-order valence-corrected chi connectivity index (χ2v) is 10.8. The van der Waals surface area contributed by atoms with E-state index in [1.165, 1.54) is 49.2 Å². The highest BCUT2D eigenvalue weighted by Gasteiger charge is 2.22. The van der Waals surface area contributed by atoms with Crippen LogP contribution in [-0.4, -0.2) is 55.8 Å². The standard InChI is InChI=1S/C30H40N2O3/c1-22-12-15-32(16-13-22)17-14-23-4-5-26-20-27(9-6-25(26)19-23)31-30(33)24-7-10-28(11-8-24)35-21-29-3-2-18-34-29/h4-5,7-8,10-11,19,22,27,29H,2-3,6,9,12-18,20-21H2,1H3,(H,31,33)/t27-,29-/m0/s1. The minimum absolute atomic E-state index is 0.00315. The molecule has 1 amide bonds. The molecule has 0 aromatic heterocycles. The van der Waals surface area contributed by atoms with E-state index in [2.05, 4.69) is 35.3 Å². The maximum Gasteiger partial charge on any atom is 0.251 e. The summed E-state index contributed by atoms with van der Waals surface area (Å²) in [4.78, 5) is 15.5. The van der Waals surface area contributed by atoms with Crippen molar-refractivity contribution < 1.29 is 14.3 Å². The lowest BCUT2D eigenvalue weighted by Gasteiger charge is -2.30. The molecule has 0 spiro atoms. The Morgan fingerprint density at radius 3 is 2.66 bits per heavy atom. The lowest BCUT2D eigenvalue weighted by molar-refractivity contribution is 0.0679. The third-order valence-corrected chi connectivity index (χ3v) is 8.00. The van der Waals surface area contributed by atoms with Crippen LogP contribution in [0.5, 0.6) is 5.75 Å². The lowest BCUT2D eigenvalue weighted by Crippen LogP contribution is -2.38. The zero-order valence-electron chi connectivity index (χ0n) is 21.1. The molecule has 0 radical (unpaired) electrons. The van der Waals surface area contributed by atoms with Crippen LogP contribution in [0.4, 0.5) is 0 Å². The van der Waals surface area contributed by atoms with Crippen LogP contribution in [-0.2, 0) is 24.0 Å². The smallest absolute Gasteiger partial charge is 0.251 e. The highest BCUT2D eigenvalue weighted by Crippen LogP contribution is 2.24. The van der Waals surface area contributed by atoms with Gasteiger partial charge in [-0.25, -0.2) is 0 Å². The van der Waals surface area contributed by atoms with E-state index in [0.29, 0.717) is 12.2 Å². The van der Waals surface area contributed by atoms with Crippen molar-refractivity contribution in [3.63, 3.8) is 0 Å². The van der Waals surface area contributed by atoms with Crippen LogP contribution in [0.25, 0.3) is 0 Å². The van der Waals surface area contributed by atoms with Gasteiger partial charge in [-0.15, -0.1) is 0 Å². The summed E-state index contributed by atoms with van der Waals surface area (Å²) in [7, 11) is 0. The Morgan fingerprint density at radius 1 is 1.06 bits per heavy atom. The molecule has 3 aliphatic rings. The highest BCUT2D eigenvalue weighted by molar-refractivity contribution is 5.94. The van der Waals surface area contributed by atoms with Crippen molar-refractivity contribution >= 4 is 5.91 Å². The molecular formula is C30H40N2O3. The fourth-order valence-corrected chi connectivity index (χ4v) is 5.60. The van der Waals surface area contributed by atoms with Crippen molar-refractivity contribution in [3.05, 3.63) is 64.7 Å². The Balaban J connectivity index is 1.09. The van der Waals surface area contributed by atoms with Gasteiger partial charge in [-0.1, -0.05) is 25.1 Å². The van der Waals surface area contributed by atoms with E-state index in [1.807, 2.05) is 24.3 Å². The lowest BCUT2D eigenvalue weighted by atomic mass is 9.86. The first-order valence-corrected chi connectivity index (χ1v) is 13.6. The predicted molar refractivity (Wildman–Crippen MR) is 139 cm³/mol. The Morgan fingerprint density at radius 2 is 1.89 bits per heavy atom. The minimum atomic E-state index is -0.00315. The minimum Gasteiger partial charge on any atom is -0.491 e. The van der Waals surface area contributed by atoms with E-state index in [-0.39, 0.29) is 18.1 Å². The molecule has 2 saturated heterocycles. The van der Waals surface area contributed by atoms with Crippen LogP contribution < -0.4 is 10.1 Å². The zero-order chi connectivity index (χ0) is 24.0. The number of fused-ring (bicyclic) bond motifs is 1. The number of nitrogens with zero attached hydrogens (tertiary/aromatic N) is 1. The number of hydrogen-bond acceptors (Lipinski definition) is 4. The maximum absolute atomic E-state index is 12.8. The molecule has 5 heteroatoms. The van der Waals surface area contributed by atoms with Gasteiger partial charge in [-0.3, -0.25) is 4.79 Å². The molecule has 2 aromatic rings. The molecule has 5 rings (SSSR count). The molecule has 0 bridgehead atoms. The molecule has 188 valence electrons. The molecular weight excluding hydrogens is 436 g/mol. The van der Waals surface area contributed by atoms with Crippen LogP contribution in [0.1, 0.15) is 66.1 Å². The first-order valence-electron chi connectivity index (χ1n) is 13.6. The van der Waals surface area contributed by atoms with Gasteiger partial charge in [0.25, 0.3) is 5.91 Å². The van der Waals surface area contributed by atoms with Gasteiger partial charge in [0.05, 0.1) is 6.10 Å². The van der Waals surface area contributed by atoms with Gasteiger partial charge in [-0.05, 0) is 111 Å². The van der Waals surface area contributed by atoms with E-state index in [4.69, 9.17) is 9.47 Å². The number of aryl methyl sites for hydroxylation is 1. The summed E-state index contributed by atoms with van der Waals surface area (Å²) < 4.78 is 11.4. The summed E-state index contributed by atoms with van der Waals surface area (Å²) >= 11 is 0. The van der Waals surface area contributed by atoms with Crippen LogP contribution in [0.2, 0.25) is 0 Å². The van der Waals surface area contributed by atoms with Gasteiger partial charge in [0.1, 0.15) is 12.4 Å². The molecule has 2 heterocycles. The number of rotatable bonds is 8. The van der Waals surface area contributed by atoms with Gasteiger partial charge < -0.3 is 19.7 Å². The number of carbonyl (C=O) groups excluding carboxylic acids is 1. The highest BCUT2D eigenvalue weighted by atomic mass is 16.5. The number of benzene rings is 2. The van der Waals surface area contributed by atoms with Crippen molar-refractivity contribution in [1.82, 2.24) is 10.2 Å². The number of ether oxygens (including phenoxy) is 2. The van der Waals surface area contributed by atoms with Crippen LogP contribution in [0.3, 0.4) is 0 Å². The summed E-state index contributed by atoms with van der Waals surface area (Å²) in [5.74, 6) is 1.67. The molecule has 2 fully saturated rings. The fraction of sp³-hybridized carbons (Fsp3) is 0.567. The van der Waals surface area contributed by atoms with Crippen LogP contribution in [0.15, 0.2) is 42.5 Å². The van der Waals surface area contributed by atoms with Crippen molar-refractivity contribution in [2.45, 2.75) is 70.4 Å².